The number of pyridine rings is 1. The van der Waals surface area contributed by atoms with E-state index in [4.69, 9.17) is 0 Å². The van der Waals surface area contributed by atoms with Crippen molar-refractivity contribution in [3.8, 4) is 0 Å². The van der Waals surface area contributed by atoms with Gasteiger partial charge in [0.05, 0.1) is 0 Å². The first-order valence-corrected chi connectivity index (χ1v) is 5.72. The molecule has 0 aliphatic rings. The molecule has 0 aliphatic heterocycles. The van der Waals surface area contributed by atoms with E-state index in [1.54, 1.807) is 17.5 Å². The van der Waals surface area contributed by atoms with Crippen molar-refractivity contribution in [2.45, 2.75) is 13.8 Å². The van der Waals surface area contributed by atoms with Crippen LogP contribution in [0.1, 0.15) is 13.8 Å². The maximum atomic E-state index is 4.40. The molecule has 15 heavy (non-hydrogen) atoms. The fourth-order valence-corrected chi connectivity index (χ4v) is 1.93. The van der Waals surface area contributed by atoms with Gasteiger partial charge in [-0.15, -0.1) is 0 Å². The molecule has 0 bridgehead atoms. The summed E-state index contributed by atoms with van der Waals surface area (Å²) in [6, 6.07) is 3.87. The fraction of sp³-hybridized carbons (Fsp3) is 0.273. The smallest absolute Gasteiger partial charge is 0.189 e. The number of rotatable bonds is 3. The van der Waals surface area contributed by atoms with Crippen LogP contribution in [0.2, 0.25) is 0 Å². The Morgan fingerprint density at radius 1 is 1.47 bits per heavy atom. The van der Waals surface area contributed by atoms with Crippen LogP contribution in [0, 0.1) is 5.92 Å². The molecule has 0 unspecified atom stereocenters. The molecule has 0 spiro atoms. The Hall–Kier alpha value is -1.42. The highest BCUT2D eigenvalue weighted by Gasteiger charge is 2.01. The van der Waals surface area contributed by atoms with Gasteiger partial charge in [-0.1, -0.05) is 31.3 Å². The summed E-state index contributed by atoms with van der Waals surface area (Å²) >= 11 is 1.56. The van der Waals surface area contributed by atoms with Crippen LogP contribution in [-0.4, -0.2) is 9.97 Å². The first-order valence-electron chi connectivity index (χ1n) is 4.90. The average Bonchev–Trinajstić information content (AvgIpc) is 2.59. The number of anilines is 1. The van der Waals surface area contributed by atoms with Crippen molar-refractivity contribution in [1.82, 2.24) is 9.97 Å². The highest BCUT2D eigenvalue weighted by atomic mass is 32.1. The van der Waals surface area contributed by atoms with E-state index in [1.165, 1.54) is 0 Å². The Bertz CT molecular complexity index is 440. The van der Waals surface area contributed by atoms with Crippen molar-refractivity contribution < 1.29 is 0 Å². The lowest BCUT2D eigenvalue weighted by molar-refractivity contribution is 0.830. The number of hydrogen-bond donors (Lipinski definition) is 1. The minimum atomic E-state index is 0.546. The molecule has 0 saturated carbocycles. The summed E-state index contributed by atoms with van der Waals surface area (Å²) in [4.78, 5) is 9.61. The standard InChI is InChI=1S/C11H13N3S/c1-8(2)5-7-13-11-14-9-4-3-6-12-10(9)15-11/h3-8H,1-2H3,(H,13,14)/b7-5+. The molecular formula is C11H13N3S. The normalized spacial score (nSPS) is 11.7. The van der Waals surface area contributed by atoms with Gasteiger partial charge in [0.1, 0.15) is 10.3 Å². The van der Waals surface area contributed by atoms with Crippen molar-refractivity contribution in [2.24, 2.45) is 5.92 Å². The molecule has 0 amide bonds. The second-order valence-electron chi connectivity index (χ2n) is 3.59. The zero-order chi connectivity index (χ0) is 10.7. The maximum Gasteiger partial charge on any atom is 0.189 e. The van der Waals surface area contributed by atoms with Gasteiger partial charge in [-0.3, -0.25) is 0 Å². The third kappa shape index (κ3) is 2.53. The highest BCUT2D eigenvalue weighted by Crippen LogP contribution is 2.23. The first-order chi connectivity index (χ1) is 7.25. The second kappa shape index (κ2) is 4.40. The number of thiazole rings is 1. The Balaban J connectivity index is 2.15. The van der Waals surface area contributed by atoms with Crippen molar-refractivity contribution in [3.63, 3.8) is 0 Å². The Labute approximate surface area is 92.9 Å². The summed E-state index contributed by atoms with van der Waals surface area (Å²) < 4.78 is 0. The van der Waals surface area contributed by atoms with Gasteiger partial charge in [-0.2, -0.15) is 0 Å². The van der Waals surface area contributed by atoms with Gasteiger partial charge in [0.2, 0.25) is 0 Å². The molecule has 1 N–H and O–H groups in total. The van der Waals surface area contributed by atoms with Crippen LogP contribution in [0.15, 0.2) is 30.6 Å². The molecule has 0 aromatic carbocycles. The van der Waals surface area contributed by atoms with Crippen molar-refractivity contribution in [3.05, 3.63) is 30.6 Å². The van der Waals surface area contributed by atoms with Crippen LogP contribution in [0.25, 0.3) is 10.3 Å². The Morgan fingerprint density at radius 2 is 2.33 bits per heavy atom. The largest absolute Gasteiger partial charge is 0.338 e. The van der Waals surface area contributed by atoms with Crippen LogP contribution in [0.5, 0.6) is 0 Å². The monoisotopic (exact) mass is 219 g/mol. The van der Waals surface area contributed by atoms with Gasteiger partial charge in [0.15, 0.2) is 5.13 Å². The predicted octanol–water partition coefficient (Wildman–Crippen LogP) is 3.27. The fourth-order valence-electron chi connectivity index (χ4n) is 1.14. The van der Waals surface area contributed by atoms with E-state index in [0.29, 0.717) is 5.92 Å². The molecule has 0 fully saturated rings. The van der Waals surface area contributed by atoms with Crippen LogP contribution >= 0.6 is 11.3 Å². The maximum absolute atomic E-state index is 4.40. The highest BCUT2D eigenvalue weighted by molar-refractivity contribution is 7.21. The van der Waals surface area contributed by atoms with Gasteiger partial charge in [-0.05, 0) is 24.3 Å². The summed E-state index contributed by atoms with van der Waals surface area (Å²) in [6.07, 6.45) is 5.82. The number of fused-ring (bicyclic) bond motifs is 1. The number of hydrogen-bond acceptors (Lipinski definition) is 4. The van der Waals surface area contributed by atoms with Crippen molar-refractivity contribution in [1.29, 1.82) is 0 Å². The molecule has 2 heterocycles. The lowest BCUT2D eigenvalue weighted by Gasteiger charge is -1.94. The number of allylic oxidation sites excluding steroid dienone is 1. The summed E-state index contributed by atoms with van der Waals surface area (Å²) in [7, 11) is 0. The Kier molecular flexibility index (Phi) is 2.97. The molecule has 2 aromatic heterocycles. The minimum Gasteiger partial charge on any atom is -0.338 e. The summed E-state index contributed by atoms with van der Waals surface area (Å²) in [5.41, 5.74) is 0.947. The average molecular weight is 219 g/mol. The lowest BCUT2D eigenvalue weighted by Crippen LogP contribution is -1.87. The second-order valence-corrected chi connectivity index (χ2v) is 4.57. The first kappa shape index (κ1) is 10.1. The van der Waals surface area contributed by atoms with Gasteiger partial charge in [0.25, 0.3) is 0 Å². The van der Waals surface area contributed by atoms with E-state index in [1.807, 2.05) is 18.3 Å². The zero-order valence-corrected chi connectivity index (χ0v) is 9.58. The van der Waals surface area contributed by atoms with Gasteiger partial charge < -0.3 is 5.32 Å². The lowest BCUT2D eigenvalue weighted by atomic mass is 10.2. The molecule has 2 rings (SSSR count). The van der Waals surface area contributed by atoms with E-state index >= 15 is 0 Å². The van der Waals surface area contributed by atoms with Crippen LogP contribution < -0.4 is 5.32 Å². The third-order valence-corrected chi connectivity index (χ3v) is 2.76. The quantitative estimate of drug-likeness (QED) is 0.861. The van der Waals surface area contributed by atoms with Crippen LogP contribution in [0.3, 0.4) is 0 Å². The third-order valence-electron chi connectivity index (χ3n) is 1.85. The van der Waals surface area contributed by atoms with E-state index in [0.717, 1.165) is 15.5 Å². The molecule has 0 aliphatic carbocycles. The number of nitrogens with zero attached hydrogens (tertiary/aromatic N) is 2. The zero-order valence-electron chi connectivity index (χ0n) is 8.77. The molecule has 0 radical (unpaired) electrons. The van der Waals surface area contributed by atoms with Gasteiger partial charge in [-0.25, -0.2) is 9.97 Å². The van der Waals surface area contributed by atoms with Gasteiger partial charge in [0, 0.05) is 6.20 Å². The molecule has 78 valence electrons. The van der Waals surface area contributed by atoms with Crippen LogP contribution in [0.4, 0.5) is 5.13 Å². The van der Waals surface area contributed by atoms with Crippen molar-refractivity contribution >= 4 is 26.8 Å². The molecular weight excluding hydrogens is 206 g/mol. The van der Waals surface area contributed by atoms with Crippen molar-refractivity contribution in [2.75, 3.05) is 5.32 Å². The molecule has 0 saturated heterocycles. The van der Waals surface area contributed by atoms with E-state index in [2.05, 4.69) is 35.2 Å². The van der Waals surface area contributed by atoms with E-state index in [9.17, 15) is 0 Å². The SMILES string of the molecule is CC(C)/C=C/Nc1nc2cccnc2s1. The number of nitrogens with one attached hydrogen (secondary N) is 1. The number of aromatic nitrogens is 2. The topological polar surface area (TPSA) is 37.8 Å². The van der Waals surface area contributed by atoms with E-state index in [-0.39, 0.29) is 0 Å². The minimum absolute atomic E-state index is 0.546. The summed E-state index contributed by atoms with van der Waals surface area (Å²) in [5.74, 6) is 0.546. The summed E-state index contributed by atoms with van der Waals surface area (Å²) in [6.45, 7) is 4.27. The van der Waals surface area contributed by atoms with E-state index < -0.39 is 0 Å². The van der Waals surface area contributed by atoms with Crippen LogP contribution in [-0.2, 0) is 0 Å². The molecule has 4 heteroatoms. The molecule has 0 atom stereocenters. The summed E-state index contributed by atoms with van der Waals surface area (Å²) in [5, 5.41) is 4.04. The molecule has 3 nitrogen and oxygen atoms in total. The molecule has 2 aromatic rings. The predicted molar refractivity (Wildman–Crippen MR) is 65.0 cm³/mol. The van der Waals surface area contributed by atoms with Gasteiger partial charge >= 0.3 is 0 Å². The Morgan fingerprint density at radius 3 is 3.07 bits per heavy atom.